The highest BCUT2D eigenvalue weighted by Gasteiger charge is 2.55. The lowest BCUT2D eigenvalue weighted by Gasteiger charge is -2.22. The van der Waals surface area contributed by atoms with Gasteiger partial charge in [0.15, 0.2) is 0 Å². The van der Waals surface area contributed by atoms with Gasteiger partial charge in [-0.3, -0.25) is 14.5 Å². The summed E-state index contributed by atoms with van der Waals surface area (Å²) in [7, 11) is 0. The first kappa shape index (κ1) is 14.4. The summed E-state index contributed by atoms with van der Waals surface area (Å²) in [5.74, 6) is -0.168. The molecular weight excluding hydrogens is 314 g/mol. The molecule has 0 saturated carbocycles. The number of likely N-dealkylation sites (tertiary alicyclic amines) is 1. The highest BCUT2D eigenvalue weighted by Crippen LogP contribution is 2.47. The Balaban J connectivity index is 1.49. The summed E-state index contributed by atoms with van der Waals surface area (Å²) < 4.78 is 1.90. The number of fused-ring (bicyclic) bond motifs is 3. The normalized spacial score (nSPS) is 22.3. The Hall–Kier alpha value is -2.95. The Morgan fingerprint density at radius 2 is 1.92 bits per heavy atom. The molecule has 1 saturated heterocycles. The van der Waals surface area contributed by atoms with Crippen LogP contribution < -0.4 is 0 Å². The van der Waals surface area contributed by atoms with Crippen molar-refractivity contribution >= 4 is 17.5 Å². The fraction of sp³-hybridized carbons (Fsp3) is 0.250. The molecule has 5 rings (SSSR count). The van der Waals surface area contributed by atoms with Gasteiger partial charge in [-0.15, -0.1) is 0 Å². The van der Waals surface area contributed by atoms with Crippen LogP contribution in [-0.2, 0) is 28.0 Å². The zero-order valence-electron chi connectivity index (χ0n) is 13.7. The first-order valence-corrected chi connectivity index (χ1v) is 8.53. The predicted molar refractivity (Wildman–Crippen MR) is 91.8 cm³/mol. The number of benzene rings is 1. The molecule has 2 amide bonds. The topological polar surface area (TPSA) is 54.7 Å². The number of hydrogen-bond donors (Lipinski definition) is 0. The zero-order chi connectivity index (χ0) is 17.0. The van der Waals surface area contributed by atoms with Gasteiger partial charge in [-0.2, -0.15) is 0 Å². The van der Waals surface area contributed by atoms with Crippen molar-refractivity contribution in [3.63, 3.8) is 0 Å². The van der Waals surface area contributed by atoms with E-state index in [-0.39, 0.29) is 24.8 Å². The lowest BCUT2D eigenvalue weighted by atomic mass is 9.80. The number of carbonyl (C=O) groups excluding carboxylic acids is 2. The Bertz CT molecular complexity index is 989. The maximum absolute atomic E-state index is 13.2. The van der Waals surface area contributed by atoms with E-state index in [1.165, 1.54) is 10.5 Å². The number of hydrogen-bond acceptors (Lipinski definition) is 3. The first-order chi connectivity index (χ1) is 12.2. The van der Waals surface area contributed by atoms with Crippen LogP contribution in [0.2, 0.25) is 0 Å². The minimum atomic E-state index is -0.660. The van der Waals surface area contributed by atoms with Gasteiger partial charge in [0.25, 0.3) is 0 Å². The molecular formula is C20H17N3O2. The molecule has 2 aromatic heterocycles. The fourth-order valence-electron chi connectivity index (χ4n) is 4.28. The zero-order valence-corrected chi connectivity index (χ0v) is 13.7. The Labute approximate surface area is 144 Å². The standard InChI is InChI=1S/C20H17N3O2/c24-18-11-20(9-8-14-5-1-2-6-16(14)20)19(25)23(18)13-15-12-22-10-4-3-7-17(22)21-15/h1-7,10,12H,8-9,11,13H2. The van der Waals surface area contributed by atoms with Crippen molar-refractivity contribution in [2.75, 3.05) is 0 Å². The molecule has 1 aliphatic heterocycles. The van der Waals surface area contributed by atoms with Crippen LogP contribution in [0.15, 0.2) is 54.9 Å². The van der Waals surface area contributed by atoms with E-state index in [1.807, 2.05) is 53.2 Å². The van der Waals surface area contributed by atoms with Crippen LogP contribution in [0, 0.1) is 0 Å². The van der Waals surface area contributed by atoms with Gasteiger partial charge in [0, 0.05) is 18.8 Å². The van der Waals surface area contributed by atoms with Gasteiger partial charge in [0.2, 0.25) is 11.8 Å². The second kappa shape index (κ2) is 5.02. The highest BCUT2D eigenvalue weighted by atomic mass is 16.2. The van der Waals surface area contributed by atoms with Crippen LogP contribution in [0.5, 0.6) is 0 Å². The van der Waals surface area contributed by atoms with Gasteiger partial charge >= 0.3 is 0 Å². The van der Waals surface area contributed by atoms with E-state index in [9.17, 15) is 9.59 Å². The van der Waals surface area contributed by atoms with E-state index in [0.29, 0.717) is 0 Å². The van der Waals surface area contributed by atoms with E-state index in [0.717, 1.165) is 29.7 Å². The molecule has 0 bridgehead atoms. The first-order valence-electron chi connectivity index (χ1n) is 8.53. The molecule has 1 spiro atoms. The van der Waals surface area contributed by atoms with E-state index in [2.05, 4.69) is 11.1 Å². The van der Waals surface area contributed by atoms with E-state index in [1.54, 1.807) is 0 Å². The van der Waals surface area contributed by atoms with Gasteiger partial charge < -0.3 is 4.40 Å². The van der Waals surface area contributed by atoms with Crippen LogP contribution in [0.1, 0.15) is 29.7 Å². The molecule has 5 nitrogen and oxygen atoms in total. The number of amides is 2. The predicted octanol–water partition coefficient (Wildman–Crippen LogP) is 2.48. The minimum absolute atomic E-state index is 0.0699. The van der Waals surface area contributed by atoms with Crippen molar-refractivity contribution in [3.05, 3.63) is 71.7 Å². The molecule has 5 heteroatoms. The lowest BCUT2D eigenvalue weighted by Crippen LogP contribution is -2.36. The summed E-state index contributed by atoms with van der Waals surface area (Å²) >= 11 is 0. The van der Waals surface area contributed by atoms with Gasteiger partial charge in [0.1, 0.15) is 5.65 Å². The molecule has 1 atom stereocenters. The maximum atomic E-state index is 13.2. The van der Waals surface area contributed by atoms with Crippen molar-refractivity contribution in [2.24, 2.45) is 0 Å². The second-order valence-electron chi connectivity index (χ2n) is 6.90. The van der Waals surface area contributed by atoms with Crippen molar-refractivity contribution in [1.82, 2.24) is 14.3 Å². The Kier molecular flexibility index (Phi) is 2.89. The summed E-state index contributed by atoms with van der Waals surface area (Å²) in [6.07, 6.45) is 5.64. The number of nitrogens with zero attached hydrogens (tertiary/aromatic N) is 3. The average molecular weight is 331 g/mol. The summed E-state index contributed by atoms with van der Waals surface area (Å²) in [5, 5.41) is 0. The summed E-state index contributed by atoms with van der Waals surface area (Å²) in [5.41, 5.74) is 3.12. The third-order valence-corrected chi connectivity index (χ3v) is 5.50. The lowest BCUT2D eigenvalue weighted by molar-refractivity contribution is -0.140. The number of carbonyl (C=O) groups is 2. The van der Waals surface area contributed by atoms with Crippen LogP contribution in [0.3, 0.4) is 0 Å². The SMILES string of the molecule is O=C1CC2(CCc3ccccc32)C(=O)N1Cc1cn2ccccc2n1. The van der Waals surface area contributed by atoms with Gasteiger partial charge in [-0.25, -0.2) is 4.98 Å². The number of pyridine rings is 1. The number of rotatable bonds is 2. The van der Waals surface area contributed by atoms with Crippen LogP contribution in [0.4, 0.5) is 0 Å². The molecule has 2 aliphatic rings. The third kappa shape index (κ3) is 1.98. The molecule has 1 fully saturated rings. The molecule has 0 radical (unpaired) electrons. The van der Waals surface area contributed by atoms with E-state index in [4.69, 9.17) is 0 Å². The molecule has 1 aromatic carbocycles. The number of imide groups is 1. The van der Waals surface area contributed by atoms with Crippen molar-refractivity contribution in [3.8, 4) is 0 Å². The Morgan fingerprint density at radius 3 is 2.80 bits per heavy atom. The minimum Gasteiger partial charge on any atom is -0.307 e. The summed E-state index contributed by atoms with van der Waals surface area (Å²) in [6, 6.07) is 13.8. The third-order valence-electron chi connectivity index (χ3n) is 5.50. The average Bonchev–Trinajstić information content (AvgIpc) is 3.27. The Morgan fingerprint density at radius 1 is 1.08 bits per heavy atom. The second-order valence-corrected chi connectivity index (χ2v) is 6.90. The smallest absolute Gasteiger partial charge is 0.240 e. The number of aryl methyl sites for hydroxylation is 1. The largest absolute Gasteiger partial charge is 0.307 e. The van der Waals surface area contributed by atoms with Crippen molar-refractivity contribution < 1.29 is 9.59 Å². The molecule has 3 aromatic rings. The van der Waals surface area contributed by atoms with Crippen LogP contribution >= 0.6 is 0 Å². The molecule has 1 aliphatic carbocycles. The van der Waals surface area contributed by atoms with Crippen LogP contribution in [-0.4, -0.2) is 26.1 Å². The van der Waals surface area contributed by atoms with E-state index >= 15 is 0 Å². The quantitative estimate of drug-likeness (QED) is 0.678. The van der Waals surface area contributed by atoms with Crippen molar-refractivity contribution in [2.45, 2.75) is 31.2 Å². The molecule has 0 N–H and O–H groups in total. The van der Waals surface area contributed by atoms with Gasteiger partial charge in [-0.05, 0) is 36.1 Å². The molecule has 124 valence electrons. The van der Waals surface area contributed by atoms with Crippen molar-refractivity contribution in [1.29, 1.82) is 0 Å². The van der Waals surface area contributed by atoms with E-state index < -0.39 is 5.41 Å². The maximum Gasteiger partial charge on any atom is 0.240 e. The number of aromatic nitrogens is 2. The monoisotopic (exact) mass is 331 g/mol. The molecule has 3 heterocycles. The summed E-state index contributed by atoms with van der Waals surface area (Å²) in [4.78, 5) is 31.8. The highest BCUT2D eigenvalue weighted by molar-refractivity contribution is 6.09. The van der Waals surface area contributed by atoms with Crippen LogP contribution in [0.25, 0.3) is 5.65 Å². The fourth-order valence-corrected chi connectivity index (χ4v) is 4.28. The molecule has 25 heavy (non-hydrogen) atoms. The van der Waals surface area contributed by atoms with Gasteiger partial charge in [-0.1, -0.05) is 30.3 Å². The molecule has 1 unspecified atom stereocenters. The van der Waals surface area contributed by atoms with Gasteiger partial charge in [0.05, 0.1) is 17.7 Å². The summed E-state index contributed by atoms with van der Waals surface area (Å²) in [6.45, 7) is 0.239. The number of imidazole rings is 1.